The average molecular weight is 844 g/mol. The summed E-state index contributed by atoms with van der Waals surface area (Å²) in [4.78, 5) is 13.3. The van der Waals surface area contributed by atoms with Crippen LogP contribution in [0, 0.1) is 0 Å². The van der Waals surface area contributed by atoms with Gasteiger partial charge in [0.1, 0.15) is 0 Å². The molecule has 0 bridgehead atoms. The summed E-state index contributed by atoms with van der Waals surface area (Å²) in [5, 5.41) is 0. The number of aliphatic imine (C=N–C) groups is 1. The fourth-order valence-electron chi connectivity index (χ4n) is 6.56. The van der Waals surface area contributed by atoms with Gasteiger partial charge in [-0.2, -0.15) is 0 Å². The van der Waals surface area contributed by atoms with E-state index >= 15 is 0 Å². The molecule has 0 unspecified atom stereocenters. The molecule has 1 aliphatic rings. The zero-order valence-corrected chi connectivity index (χ0v) is 33.9. The molecule has 2 heterocycles. The molecule has 0 radical (unpaired) electrons. The number of hydrogen-bond acceptors (Lipinski definition) is 2. The Labute approximate surface area is 336 Å². The third kappa shape index (κ3) is 9.56. The summed E-state index contributed by atoms with van der Waals surface area (Å²) in [5.41, 5.74) is 9.55. The third-order valence-electron chi connectivity index (χ3n) is 9.28. The first kappa shape index (κ1) is 36.4. The van der Waals surface area contributed by atoms with Crippen molar-refractivity contribution in [3.63, 3.8) is 0 Å². The Balaban J connectivity index is 1.16. The first-order valence-electron chi connectivity index (χ1n) is 18.5. The number of aromatic nitrogens is 1. The summed E-state index contributed by atoms with van der Waals surface area (Å²) in [6, 6.07) is 64.3. The Kier molecular flexibility index (Phi) is 12.0. The second kappa shape index (κ2) is 18.1. The molecule has 4 nitrogen and oxygen atoms in total. The van der Waals surface area contributed by atoms with Gasteiger partial charge in [-0.25, -0.2) is 0 Å². The van der Waals surface area contributed by atoms with E-state index in [4.69, 9.17) is 9.98 Å². The molecule has 1 aromatic heterocycles. The second-order valence-corrected chi connectivity index (χ2v) is 17.6. The van der Waals surface area contributed by atoms with Crippen LogP contribution in [0.15, 0.2) is 204 Å². The van der Waals surface area contributed by atoms with Gasteiger partial charge in [-0.3, -0.25) is 0 Å². The normalized spacial score (nSPS) is 13.3. The monoisotopic (exact) mass is 845 g/mol. The van der Waals surface area contributed by atoms with Gasteiger partial charge in [0.2, 0.25) is 0 Å². The van der Waals surface area contributed by atoms with Crippen molar-refractivity contribution in [3.05, 3.63) is 231 Å². The minimum absolute atomic E-state index is 0.0142. The molecule has 0 aliphatic carbocycles. The summed E-state index contributed by atoms with van der Waals surface area (Å²) in [5.74, 6) is 0. The van der Waals surface area contributed by atoms with E-state index in [1.54, 1.807) is 0 Å². The molecule has 0 saturated carbocycles. The van der Waals surface area contributed by atoms with Crippen molar-refractivity contribution in [3.8, 4) is 11.3 Å². The third-order valence-corrected chi connectivity index (χ3v) is 13.8. The van der Waals surface area contributed by atoms with Crippen LogP contribution in [0.2, 0.25) is 0 Å². The molecule has 0 amide bonds. The molecule has 0 fully saturated rings. The van der Waals surface area contributed by atoms with Crippen LogP contribution in [-0.4, -0.2) is 49.5 Å². The molecule has 0 N–H and O–H groups in total. The Bertz CT molecular complexity index is 2340. The standard InChI is InChI=1S/C49H41N4Se2/c1-7-20-38(21-8-1)34-52(35-39-22-9-2-10-23-39)48-50-46(42-28-15-5-16-29-42)44(54-48)32-19-33-45-47(43-30-17-6-18-31-43)51-49(55-45)53(36-40-24-11-3-12-25-40)37-41-26-13-4-14-27-41/h1-33H,34-37H2/q+1. The van der Waals surface area contributed by atoms with Crippen molar-refractivity contribution in [1.29, 1.82) is 0 Å². The van der Waals surface area contributed by atoms with Crippen molar-refractivity contribution in [2.45, 2.75) is 26.2 Å². The molecule has 0 saturated heterocycles. The van der Waals surface area contributed by atoms with Crippen LogP contribution in [0.1, 0.15) is 32.3 Å². The fraction of sp³-hybridized carbons (Fsp3) is 0.0816. The number of benzene rings is 6. The summed E-state index contributed by atoms with van der Waals surface area (Å²) in [6.45, 7) is 3.22. The molecule has 268 valence electrons. The number of allylic oxidation sites excluding steroid dienone is 3. The van der Waals surface area contributed by atoms with Crippen LogP contribution in [-0.2, 0) is 26.2 Å². The molecule has 0 spiro atoms. The van der Waals surface area contributed by atoms with Gasteiger partial charge < -0.3 is 0 Å². The fourth-order valence-corrected chi connectivity index (χ4v) is 10.8. The molecule has 8 rings (SSSR count). The van der Waals surface area contributed by atoms with Gasteiger partial charge in [0.05, 0.1) is 0 Å². The molecule has 6 aromatic carbocycles. The number of nitrogens with zero attached hydrogens (tertiary/aromatic N) is 4. The molecular weight excluding hydrogens is 802 g/mol. The predicted molar refractivity (Wildman–Crippen MR) is 231 cm³/mol. The number of amidine groups is 1. The van der Waals surface area contributed by atoms with Gasteiger partial charge in [0.15, 0.2) is 0 Å². The molecular formula is C49H41N4Se2+. The van der Waals surface area contributed by atoms with Gasteiger partial charge in [0, 0.05) is 0 Å². The summed E-state index contributed by atoms with van der Waals surface area (Å²) >= 11 is 0.0285. The zero-order valence-electron chi connectivity index (χ0n) is 30.5. The van der Waals surface area contributed by atoms with Gasteiger partial charge in [-0.05, 0) is 0 Å². The van der Waals surface area contributed by atoms with E-state index in [9.17, 15) is 0 Å². The second-order valence-electron chi connectivity index (χ2n) is 13.3. The molecule has 0 atom stereocenters. The summed E-state index contributed by atoms with van der Waals surface area (Å²) < 4.78 is 7.31. The van der Waals surface area contributed by atoms with E-state index in [1.165, 1.54) is 31.2 Å². The van der Waals surface area contributed by atoms with E-state index in [0.717, 1.165) is 58.1 Å². The Hall–Kier alpha value is -5.61. The van der Waals surface area contributed by atoms with Gasteiger partial charge in [-0.15, -0.1) is 0 Å². The van der Waals surface area contributed by atoms with Crippen LogP contribution in [0.3, 0.4) is 0 Å². The van der Waals surface area contributed by atoms with Crippen molar-refractivity contribution < 1.29 is 4.58 Å². The van der Waals surface area contributed by atoms with Crippen molar-refractivity contribution in [2.24, 2.45) is 4.99 Å². The van der Waals surface area contributed by atoms with Crippen LogP contribution in [0.4, 0.5) is 4.69 Å². The molecule has 1 aliphatic heterocycles. The van der Waals surface area contributed by atoms with Crippen LogP contribution in [0.5, 0.6) is 0 Å². The van der Waals surface area contributed by atoms with Crippen molar-refractivity contribution >= 4 is 50.7 Å². The van der Waals surface area contributed by atoms with Gasteiger partial charge in [0.25, 0.3) is 0 Å². The van der Waals surface area contributed by atoms with Crippen molar-refractivity contribution in [2.75, 3.05) is 4.90 Å². The topological polar surface area (TPSA) is 31.5 Å². The van der Waals surface area contributed by atoms with Crippen molar-refractivity contribution in [1.82, 2.24) is 4.98 Å². The Morgan fingerprint density at radius 2 is 0.982 bits per heavy atom. The quantitative estimate of drug-likeness (QED) is 0.0856. The van der Waals surface area contributed by atoms with E-state index in [-0.39, 0.29) is 29.5 Å². The summed E-state index contributed by atoms with van der Waals surface area (Å²) in [6.07, 6.45) is 6.85. The Morgan fingerprint density at radius 1 is 0.527 bits per heavy atom. The number of hydrogen-bond donors (Lipinski definition) is 0. The number of rotatable bonds is 13. The average Bonchev–Trinajstić information content (AvgIpc) is 3.88. The summed E-state index contributed by atoms with van der Waals surface area (Å²) in [7, 11) is 0. The van der Waals surface area contributed by atoms with Crippen LogP contribution in [0.25, 0.3) is 17.3 Å². The zero-order chi connectivity index (χ0) is 37.1. The molecule has 55 heavy (non-hydrogen) atoms. The van der Waals surface area contributed by atoms with Gasteiger partial charge >= 0.3 is 338 Å². The number of anilines is 1. The van der Waals surface area contributed by atoms with E-state index in [1.807, 2.05) is 0 Å². The first-order valence-corrected chi connectivity index (χ1v) is 22.0. The van der Waals surface area contributed by atoms with E-state index < -0.39 is 0 Å². The maximum atomic E-state index is 5.41. The van der Waals surface area contributed by atoms with E-state index in [0.29, 0.717) is 0 Å². The van der Waals surface area contributed by atoms with E-state index in [2.05, 4.69) is 210 Å². The molecule has 6 heteroatoms. The molecule has 7 aromatic rings. The first-order chi connectivity index (χ1) is 27.2. The van der Waals surface area contributed by atoms with Crippen LogP contribution < -0.4 is 4.90 Å². The van der Waals surface area contributed by atoms with Crippen LogP contribution >= 0.6 is 0 Å². The predicted octanol–water partition coefficient (Wildman–Crippen LogP) is 9.89. The Morgan fingerprint density at radius 3 is 1.49 bits per heavy atom. The van der Waals surface area contributed by atoms with Gasteiger partial charge in [-0.1, -0.05) is 0 Å². The minimum atomic E-state index is 0.0142. The maximum absolute atomic E-state index is 5.41. The SMILES string of the molecule is C(/C=C/c1[se]c(N(Cc2ccccc2)Cc2ccccc2)nc1-c1ccccc1)=C1/[Se]C(=[N+](Cc2ccccc2)Cc2ccccc2)N=C1c1ccccc1.